The van der Waals surface area contributed by atoms with Gasteiger partial charge in [0.1, 0.15) is 6.61 Å². The maximum atomic E-state index is 10.4. The molecule has 0 aromatic carbocycles. The fourth-order valence-corrected chi connectivity index (χ4v) is 0.870. The Morgan fingerprint density at radius 2 is 1.28 bits per heavy atom. The van der Waals surface area contributed by atoms with Crippen LogP contribution in [0, 0.1) is 0 Å². The van der Waals surface area contributed by atoms with E-state index in [9.17, 15) is 4.79 Å². The van der Waals surface area contributed by atoms with Crippen molar-refractivity contribution in [1.82, 2.24) is 0 Å². The largest absolute Gasteiger partial charge is 0.463 e. The second-order valence-electron chi connectivity index (χ2n) is 2.97. The lowest BCUT2D eigenvalue weighted by molar-refractivity contribution is -0.142. The molecular weight excluding hydrogens is 238 g/mol. The minimum absolute atomic E-state index is 0. The van der Waals surface area contributed by atoms with E-state index in [0.29, 0.717) is 46.2 Å². The summed E-state index contributed by atoms with van der Waals surface area (Å²) in [7, 11) is 0. The molecule has 0 amide bonds. The molecule has 0 spiro atoms. The summed E-state index contributed by atoms with van der Waals surface area (Å²) in [4.78, 5) is 10.4. The molecule has 0 radical (unpaired) electrons. The topological polar surface area (TPSA) is 80.0 Å². The van der Waals surface area contributed by atoms with Crippen LogP contribution in [0.15, 0.2) is 0 Å². The van der Waals surface area contributed by atoms with Crippen molar-refractivity contribution < 1.29 is 25.2 Å². The van der Waals surface area contributed by atoms with Gasteiger partial charge >= 0.3 is 5.97 Å². The first-order chi connectivity index (χ1) is 8.77. The number of hydrogen-bond acceptors (Lipinski definition) is 6. The Labute approximate surface area is 111 Å². The molecule has 0 saturated carbocycles. The molecule has 18 heavy (non-hydrogen) atoms. The van der Waals surface area contributed by atoms with Crippen molar-refractivity contribution in [2.24, 2.45) is 5.73 Å². The third kappa shape index (κ3) is 20.7. The lowest BCUT2D eigenvalue weighted by Crippen LogP contribution is -2.14. The van der Waals surface area contributed by atoms with Gasteiger partial charge < -0.3 is 24.7 Å². The van der Waals surface area contributed by atoms with Crippen LogP contribution < -0.4 is 5.73 Å². The highest BCUT2D eigenvalue weighted by Crippen LogP contribution is 1.82. The number of hydrogen-bond donors (Lipinski definition) is 1. The fourth-order valence-electron chi connectivity index (χ4n) is 0.870. The van der Waals surface area contributed by atoms with Gasteiger partial charge in [-0.25, -0.2) is 0 Å². The summed E-state index contributed by atoms with van der Waals surface area (Å²) >= 11 is 0. The SMILES string of the molecule is CC.CC(=O)OCCOCCOCCOCCN.[HH]. The molecular formula is C12H29NO5. The van der Waals surface area contributed by atoms with Crippen molar-refractivity contribution in [2.45, 2.75) is 20.8 Å². The van der Waals surface area contributed by atoms with Crippen LogP contribution in [0.5, 0.6) is 0 Å². The Balaban J connectivity index is -0.000000809. The van der Waals surface area contributed by atoms with Crippen LogP contribution in [-0.2, 0) is 23.7 Å². The maximum Gasteiger partial charge on any atom is 0.302 e. The van der Waals surface area contributed by atoms with E-state index in [2.05, 4.69) is 4.74 Å². The van der Waals surface area contributed by atoms with E-state index in [1.54, 1.807) is 0 Å². The van der Waals surface area contributed by atoms with Gasteiger partial charge in [0.05, 0.1) is 39.6 Å². The van der Waals surface area contributed by atoms with E-state index in [1.165, 1.54) is 6.92 Å². The van der Waals surface area contributed by atoms with E-state index >= 15 is 0 Å². The van der Waals surface area contributed by atoms with Gasteiger partial charge in [0.2, 0.25) is 0 Å². The van der Waals surface area contributed by atoms with Crippen LogP contribution in [0.1, 0.15) is 22.2 Å². The summed E-state index contributed by atoms with van der Waals surface area (Å²) in [5.74, 6) is -0.295. The van der Waals surface area contributed by atoms with Gasteiger partial charge in [0.25, 0.3) is 0 Å². The first-order valence-electron chi connectivity index (χ1n) is 6.34. The summed E-state index contributed by atoms with van der Waals surface area (Å²) in [6, 6.07) is 0. The van der Waals surface area contributed by atoms with Crippen molar-refractivity contribution in [3.05, 3.63) is 0 Å². The maximum absolute atomic E-state index is 10.4. The van der Waals surface area contributed by atoms with E-state index < -0.39 is 0 Å². The fraction of sp³-hybridized carbons (Fsp3) is 0.917. The van der Waals surface area contributed by atoms with Gasteiger partial charge in [-0.15, -0.1) is 0 Å². The Hall–Kier alpha value is -0.690. The molecule has 0 bridgehead atoms. The molecule has 0 atom stereocenters. The molecule has 2 N–H and O–H groups in total. The van der Waals surface area contributed by atoms with E-state index in [1.807, 2.05) is 13.8 Å². The lowest BCUT2D eigenvalue weighted by atomic mass is 10.7. The third-order valence-electron chi connectivity index (χ3n) is 1.54. The summed E-state index contributed by atoms with van der Waals surface area (Å²) in [5.41, 5.74) is 5.24. The van der Waals surface area contributed by atoms with E-state index in [-0.39, 0.29) is 14.0 Å². The summed E-state index contributed by atoms with van der Waals surface area (Å²) in [6.07, 6.45) is 0. The van der Waals surface area contributed by atoms with Crippen LogP contribution >= 0.6 is 0 Å². The van der Waals surface area contributed by atoms with Gasteiger partial charge in [-0.1, -0.05) is 13.8 Å². The minimum atomic E-state index is -0.295. The summed E-state index contributed by atoms with van der Waals surface area (Å²) < 4.78 is 20.1. The highest BCUT2D eigenvalue weighted by Gasteiger charge is 1.93. The van der Waals surface area contributed by atoms with E-state index in [4.69, 9.17) is 19.9 Å². The standard InChI is InChI=1S/C10H21NO5.C2H6.H2/c1-10(12)16-9-8-15-7-6-14-5-4-13-3-2-11;1-2;/h2-9,11H2,1H3;1-2H3;1H. The first-order valence-corrected chi connectivity index (χ1v) is 6.34. The zero-order valence-corrected chi connectivity index (χ0v) is 11.8. The van der Waals surface area contributed by atoms with Crippen molar-refractivity contribution in [1.29, 1.82) is 0 Å². The minimum Gasteiger partial charge on any atom is -0.463 e. The van der Waals surface area contributed by atoms with Crippen molar-refractivity contribution in [3.8, 4) is 0 Å². The molecule has 0 aliphatic heterocycles. The van der Waals surface area contributed by atoms with Crippen molar-refractivity contribution in [3.63, 3.8) is 0 Å². The van der Waals surface area contributed by atoms with Crippen molar-refractivity contribution >= 4 is 5.97 Å². The number of carbonyl (C=O) groups excluding carboxylic acids is 1. The average molecular weight is 267 g/mol. The molecule has 0 aliphatic rings. The monoisotopic (exact) mass is 267 g/mol. The Morgan fingerprint density at radius 1 is 0.889 bits per heavy atom. The molecule has 6 heteroatoms. The van der Waals surface area contributed by atoms with Crippen LogP contribution in [-0.4, -0.2) is 58.8 Å². The normalized spacial score (nSPS) is 9.56. The molecule has 0 unspecified atom stereocenters. The molecule has 6 nitrogen and oxygen atoms in total. The Kier molecular flexibility index (Phi) is 20.4. The number of nitrogens with two attached hydrogens (primary N) is 1. The summed E-state index contributed by atoms with van der Waals surface area (Å²) in [6.45, 7) is 9.20. The van der Waals surface area contributed by atoms with Gasteiger partial charge in [-0.05, 0) is 0 Å². The van der Waals surface area contributed by atoms with E-state index in [0.717, 1.165) is 0 Å². The highest BCUT2D eigenvalue weighted by molar-refractivity contribution is 5.65. The quantitative estimate of drug-likeness (QED) is 0.441. The van der Waals surface area contributed by atoms with Gasteiger partial charge in [0, 0.05) is 14.9 Å². The predicted molar refractivity (Wildman–Crippen MR) is 71.6 cm³/mol. The van der Waals surface area contributed by atoms with Gasteiger partial charge in [0.15, 0.2) is 0 Å². The molecule has 0 aromatic heterocycles. The zero-order chi connectivity index (χ0) is 14.1. The molecule has 0 aliphatic carbocycles. The zero-order valence-electron chi connectivity index (χ0n) is 11.8. The predicted octanol–water partition coefficient (Wildman–Crippen LogP) is 0.830. The molecule has 0 fully saturated rings. The molecule has 0 heterocycles. The number of ether oxygens (including phenoxy) is 4. The average Bonchev–Trinajstić information content (AvgIpc) is 2.38. The first kappa shape index (κ1) is 19.6. The second-order valence-corrected chi connectivity index (χ2v) is 2.97. The lowest BCUT2D eigenvalue weighted by Gasteiger charge is -2.06. The Bertz CT molecular complexity index is 172. The van der Waals surface area contributed by atoms with Gasteiger partial charge in [-0.3, -0.25) is 4.79 Å². The smallest absolute Gasteiger partial charge is 0.302 e. The molecule has 0 rings (SSSR count). The van der Waals surface area contributed by atoms with Crippen molar-refractivity contribution in [2.75, 3.05) is 52.8 Å². The van der Waals surface area contributed by atoms with Crippen LogP contribution in [0.3, 0.4) is 0 Å². The van der Waals surface area contributed by atoms with Crippen LogP contribution in [0.2, 0.25) is 0 Å². The summed E-state index contributed by atoms with van der Waals surface area (Å²) in [5, 5.41) is 0. The number of esters is 1. The van der Waals surface area contributed by atoms with Crippen LogP contribution in [0.4, 0.5) is 0 Å². The Morgan fingerprint density at radius 3 is 1.67 bits per heavy atom. The van der Waals surface area contributed by atoms with Crippen LogP contribution in [0.25, 0.3) is 0 Å². The highest BCUT2D eigenvalue weighted by atomic mass is 16.6. The molecule has 0 saturated heterocycles. The number of rotatable bonds is 11. The second kappa shape index (κ2) is 18.7. The number of carbonyl (C=O) groups is 1. The molecule has 112 valence electrons. The molecule has 0 aromatic rings. The third-order valence-corrected chi connectivity index (χ3v) is 1.54. The van der Waals surface area contributed by atoms with Gasteiger partial charge in [-0.2, -0.15) is 0 Å².